The molecule has 0 saturated heterocycles. The maximum Gasteiger partial charge on any atom is 0.255 e. The fourth-order valence-electron chi connectivity index (χ4n) is 3.71. The van der Waals surface area contributed by atoms with E-state index in [9.17, 15) is 18.3 Å². The molecule has 0 aliphatic carbocycles. The number of sulfone groups is 1. The highest BCUT2D eigenvalue weighted by atomic mass is 32.2. The van der Waals surface area contributed by atoms with Crippen LogP contribution < -0.4 is 5.32 Å². The van der Waals surface area contributed by atoms with Gasteiger partial charge in [0.2, 0.25) is 0 Å². The summed E-state index contributed by atoms with van der Waals surface area (Å²) in [4.78, 5) is 25.2. The Morgan fingerprint density at radius 2 is 1.69 bits per heavy atom. The number of aromatic amines is 1. The number of rotatable bonds is 7. The molecule has 0 radical (unpaired) electrons. The average Bonchev–Trinajstić information content (AvgIpc) is 3.27. The van der Waals surface area contributed by atoms with Gasteiger partial charge in [0, 0.05) is 11.8 Å². The van der Waals surface area contributed by atoms with Crippen molar-refractivity contribution in [3.8, 4) is 11.3 Å². The predicted molar refractivity (Wildman–Crippen MR) is 135 cm³/mol. The number of aliphatic hydroxyl groups excluding tert-OH is 1. The molecule has 9 heteroatoms. The van der Waals surface area contributed by atoms with Crippen LogP contribution >= 0.6 is 0 Å². The van der Waals surface area contributed by atoms with E-state index in [2.05, 4.69) is 20.3 Å². The van der Waals surface area contributed by atoms with E-state index in [1.165, 1.54) is 6.20 Å². The average molecular weight is 493 g/mol. The van der Waals surface area contributed by atoms with Crippen LogP contribution in [0.25, 0.3) is 22.4 Å². The van der Waals surface area contributed by atoms with E-state index in [4.69, 9.17) is 0 Å². The Morgan fingerprint density at radius 1 is 1.03 bits per heavy atom. The lowest BCUT2D eigenvalue weighted by molar-refractivity contribution is 0.0853. The Bertz CT molecular complexity index is 1460. The molecule has 0 saturated carbocycles. The Labute approximate surface area is 204 Å². The van der Waals surface area contributed by atoms with Crippen molar-refractivity contribution in [2.45, 2.75) is 50.0 Å². The van der Waals surface area contributed by atoms with E-state index in [-0.39, 0.29) is 10.8 Å². The molecule has 4 rings (SSSR count). The first-order chi connectivity index (χ1) is 16.6. The van der Waals surface area contributed by atoms with Crippen LogP contribution in [0.1, 0.15) is 48.4 Å². The smallest absolute Gasteiger partial charge is 0.255 e. The number of benzene rings is 2. The quantitative estimate of drug-likeness (QED) is 0.359. The highest BCUT2D eigenvalue weighted by molar-refractivity contribution is 7.92. The SMILES string of the molecule is Cc1ccc([C@@H](O)[C@H](C)NC(=O)c2c[nH]c3ncc(-c4ccc(S(=O)(=O)C(C)C)cc4)nc23)cc1. The first-order valence-electron chi connectivity index (χ1n) is 11.3. The van der Waals surface area contributed by atoms with Gasteiger partial charge in [0.1, 0.15) is 5.52 Å². The van der Waals surface area contributed by atoms with Crippen molar-refractivity contribution in [2.75, 3.05) is 0 Å². The second kappa shape index (κ2) is 9.59. The molecule has 0 aliphatic heterocycles. The van der Waals surface area contributed by atoms with E-state index >= 15 is 0 Å². The molecule has 3 N–H and O–H groups in total. The number of aryl methyl sites for hydroxylation is 1. The topological polar surface area (TPSA) is 125 Å². The van der Waals surface area contributed by atoms with Gasteiger partial charge in [-0.15, -0.1) is 0 Å². The second-order valence-electron chi connectivity index (χ2n) is 8.89. The number of carbonyl (C=O) groups is 1. The number of amides is 1. The predicted octanol–water partition coefficient (Wildman–Crippen LogP) is 3.97. The number of aliphatic hydroxyl groups is 1. The third-order valence-electron chi connectivity index (χ3n) is 5.98. The highest BCUT2D eigenvalue weighted by Crippen LogP contribution is 2.24. The molecule has 8 nitrogen and oxygen atoms in total. The van der Waals surface area contributed by atoms with Crippen molar-refractivity contribution in [3.63, 3.8) is 0 Å². The molecule has 182 valence electrons. The summed E-state index contributed by atoms with van der Waals surface area (Å²) in [5.41, 5.74) is 4.12. The van der Waals surface area contributed by atoms with Gasteiger partial charge >= 0.3 is 0 Å². The minimum atomic E-state index is -3.37. The number of aromatic nitrogens is 3. The number of nitrogens with one attached hydrogen (secondary N) is 2. The zero-order chi connectivity index (χ0) is 25.3. The Kier molecular flexibility index (Phi) is 6.73. The first-order valence-corrected chi connectivity index (χ1v) is 12.9. The molecule has 4 aromatic rings. The highest BCUT2D eigenvalue weighted by Gasteiger charge is 2.22. The summed E-state index contributed by atoms with van der Waals surface area (Å²) in [6, 6.07) is 13.4. The fraction of sp³-hybridized carbons (Fsp3) is 0.269. The number of H-pyrrole nitrogens is 1. The van der Waals surface area contributed by atoms with Gasteiger partial charge in [-0.25, -0.2) is 18.4 Å². The fourth-order valence-corrected chi connectivity index (χ4v) is 4.77. The van der Waals surface area contributed by atoms with Crippen LogP contribution in [0.5, 0.6) is 0 Å². The molecule has 35 heavy (non-hydrogen) atoms. The lowest BCUT2D eigenvalue weighted by Crippen LogP contribution is -2.37. The van der Waals surface area contributed by atoms with Crippen LogP contribution in [-0.2, 0) is 9.84 Å². The van der Waals surface area contributed by atoms with Gasteiger partial charge in [0.05, 0.1) is 39.7 Å². The Morgan fingerprint density at radius 3 is 2.31 bits per heavy atom. The molecule has 2 atom stereocenters. The molecule has 1 amide bonds. The summed E-state index contributed by atoms with van der Waals surface area (Å²) < 4.78 is 24.8. The maximum absolute atomic E-state index is 13.0. The molecule has 2 aromatic heterocycles. The van der Waals surface area contributed by atoms with Crippen molar-refractivity contribution in [1.29, 1.82) is 0 Å². The van der Waals surface area contributed by atoms with Crippen molar-refractivity contribution >= 4 is 26.9 Å². The van der Waals surface area contributed by atoms with Crippen LogP contribution in [-0.4, -0.2) is 45.7 Å². The summed E-state index contributed by atoms with van der Waals surface area (Å²) in [6.07, 6.45) is 2.23. The molecule has 0 aliphatic rings. The standard InChI is InChI=1S/C26H28N4O4S/c1-15(2)35(33,34)20-11-9-18(10-12-20)22-14-28-25-23(30-22)21(13-27-25)26(32)29-17(4)24(31)19-7-5-16(3)6-8-19/h5-15,17,24,31H,1-4H3,(H,27,28)(H,29,32)/t17-,24-/m0/s1. The molecule has 2 heterocycles. The molecule has 0 fully saturated rings. The van der Waals surface area contributed by atoms with Gasteiger partial charge in [0.25, 0.3) is 5.91 Å². The van der Waals surface area contributed by atoms with Gasteiger partial charge in [-0.2, -0.15) is 0 Å². The third kappa shape index (κ3) is 4.96. The van der Waals surface area contributed by atoms with E-state index < -0.39 is 27.2 Å². The zero-order valence-electron chi connectivity index (χ0n) is 20.0. The molecule has 0 unspecified atom stereocenters. The number of carbonyl (C=O) groups excluding carboxylic acids is 1. The van der Waals surface area contributed by atoms with Crippen LogP contribution in [0.3, 0.4) is 0 Å². The van der Waals surface area contributed by atoms with Crippen LogP contribution in [0.2, 0.25) is 0 Å². The largest absolute Gasteiger partial charge is 0.386 e. The van der Waals surface area contributed by atoms with E-state index in [0.29, 0.717) is 33.5 Å². The molecular formula is C26H28N4O4S. The number of fused-ring (bicyclic) bond motifs is 1. The van der Waals surface area contributed by atoms with Gasteiger partial charge in [-0.05, 0) is 45.4 Å². The summed E-state index contributed by atoms with van der Waals surface area (Å²) in [6.45, 7) is 6.99. The summed E-state index contributed by atoms with van der Waals surface area (Å²) in [7, 11) is -3.37. The van der Waals surface area contributed by atoms with Crippen molar-refractivity contribution < 1.29 is 18.3 Å². The minimum Gasteiger partial charge on any atom is -0.386 e. The number of nitrogens with zero attached hydrogens (tertiary/aromatic N) is 2. The molecule has 2 aromatic carbocycles. The van der Waals surface area contributed by atoms with E-state index in [1.54, 1.807) is 51.2 Å². The first kappa shape index (κ1) is 24.6. The third-order valence-corrected chi connectivity index (χ3v) is 8.15. The Hall–Kier alpha value is -3.56. The molecule has 0 bridgehead atoms. The zero-order valence-corrected chi connectivity index (χ0v) is 20.8. The van der Waals surface area contributed by atoms with Crippen molar-refractivity contribution in [3.05, 3.63) is 77.6 Å². The molecular weight excluding hydrogens is 464 g/mol. The van der Waals surface area contributed by atoms with Crippen molar-refractivity contribution in [2.24, 2.45) is 0 Å². The number of hydrogen-bond donors (Lipinski definition) is 3. The summed E-state index contributed by atoms with van der Waals surface area (Å²) in [5, 5.41) is 13.0. The van der Waals surface area contributed by atoms with Gasteiger partial charge in [-0.1, -0.05) is 42.0 Å². The monoisotopic (exact) mass is 492 g/mol. The normalized spacial score (nSPS) is 13.7. The lowest BCUT2D eigenvalue weighted by Gasteiger charge is -2.20. The van der Waals surface area contributed by atoms with Crippen LogP contribution in [0, 0.1) is 6.92 Å². The summed E-state index contributed by atoms with van der Waals surface area (Å²) >= 11 is 0. The minimum absolute atomic E-state index is 0.244. The van der Waals surface area contributed by atoms with Gasteiger partial charge < -0.3 is 15.4 Å². The summed E-state index contributed by atoms with van der Waals surface area (Å²) in [5.74, 6) is -0.389. The molecule has 0 spiro atoms. The Balaban J connectivity index is 1.57. The van der Waals surface area contributed by atoms with Crippen molar-refractivity contribution in [1.82, 2.24) is 20.3 Å². The second-order valence-corrected chi connectivity index (χ2v) is 11.4. The van der Waals surface area contributed by atoms with Gasteiger partial charge in [-0.3, -0.25) is 4.79 Å². The van der Waals surface area contributed by atoms with Crippen LogP contribution in [0.4, 0.5) is 0 Å². The van der Waals surface area contributed by atoms with Crippen LogP contribution in [0.15, 0.2) is 65.8 Å². The van der Waals surface area contributed by atoms with Gasteiger partial charge in [0.15, 0.2) is 15.5 Å². The number of hydrogen-bond acceptors (Lipinski definition) is 6. The van der Waals surface area contributed by atoms with E-state index in [0.717, 1.165) is 5.56 Å². The lowest BCUT2D eigenvalue weighted by atomic mass is 10.0. The van der Waals surface area contributed by atoms with E-state index in [1.807, 2.05) is 31.2 Å². The maximum atomic E-state index is 13.0.